The van der Waals surface area contributed by atoms with Crippen molar-refractivity contribution in [2.75, 3.05) is 0 Å². The molecule has 3 aromatic rings. The predicted octanol–water partition coefficient (Wildman–Crippen LogP) is 3.70. The Morgan fingerprint density at radius 1 is 1.14 bits per heavy atom. The molecular weight excluding hydrogens is 354 g/mol. The molecule has 1 amide bonds. The van der Waals surface area contributed by atoms with Gasteiger partial charge in [0.15, 0.2) is 6.10 Å². The molecule has 0 aliphatic heterocycles. The normalized spacial score (nSPS) is 14.2. The molecule has 6 nitrogen and oxygen atoms in total. The first-order chi connectivity index (χ1) is 13.7. The van der Waals surface area contributed by atoms with E-state index in [9.17, 15) is 4.79 Å². The lowest BCUT2D eigenvalue weighted by atomic mass is 9.91. The zero-order chi connectivity index (χ0) is 19.3. The van der Waals surface area contributed by atoms with Gasteiger partial charge in [0.05, 0.1) is 6.54 Å². The van der Waals surface area contributed by atoms with Gasteiger partial charge in [0, 0.05) is 5.56 Å². The van der Waals surface area contributed by atoms with E-state index in [2.05, 4.69) is 21.5 Å². The number of aryl methyl sites for hydroxylation is 1. The van der Waals surface area contributed by atoms with Crippen molar-refractivity contribution in [1.29, 1.82) is 0 Å². The second-order valence-corrected chi connectivity index (χ2v) is 6.96. The summed E-state index contributed by atoms with van der Waals surface area (Å²) in [5, 5.41) is 6.76. The van der Waals surface area contributed by atoms with Gasteiger partial charge >= 0.3 is 0 Å². The lowest BCUT2D eigenvalue weighted by molar-refractivity contribution is -0.127. The van der Waals surface area contributed by atoms with Crippen molar-refractivity contribution in [3.63, 3.8) is 0 Å². The van der Waals surface area contributed by atoms with Gasteiger partial charge in [-0.05, 0) is 49.8 Å². The van der Waals surface area contributed by atoms with E-state index in [-0.39, 0.29) is 12.5 Å². The Hall–Kier alpha value is -3.15. The molecule has 1 heterocycles. The van der Waals surface area contributed by atoms with Crippen LogP contribution in [0.1, 0.15) is 36.8 Å². The van der Waals surface area contributed by atoms with Gasteiger partial charge in [-0.3, -0.25) is 4.79 Å². The van der Waals surface area contributed by atoms with Crippen LogP contribution < -0.4 is 10.1 Å². The first-order valence-corrected chi connectivity index (χ1v) is 9.64. The minimum Gasteiger partial charge on any atom is -0.481 e. The maximum absolute atomic E-state index is 12.4. The van der Waals surface area contributed by atoms with Gasteiger partial charge in [-0.15, -0.1) is 0 Å². The first kappa shape index (κ1) is 18.2. The van der Waals surface area contributed by atoms with E-state index in [1.807, 2.05) is 42.5 Å². The van der Waals surface area contributed by atoms with Gasteiger partial charge in [-0.1, -0.05) is 47.6 Å². The highest BCUT2D eigenvalue weighted by molar-refractivity contribution is 5.80. The Balaban J connectivity index is 1.35. The fourth-order valence-corrected chi connectivity index (χ4v) is 3.44. The third kappa shape index (κ3) is 4.06. The maximum atomic E-state index is 12.4. The second kappa shape index (κ2) is 8.25. The highest BCUT2D eigenvalue weighted by Crippen LogP contribution is 2.30. The molecule has 0 saturated carbocycles. The number of hydrogen-bond donors (Lipinski definition) is 1. The number of amides is 1. The highest BCUT2D eigenvalue weighted by Gasteiger charge is 2.20. The van der Waals surface area contributed by atoms with Crippen LogP contribution in [-0.4, -0.2) is 22.2 Å². The molecule has 0 radical (unpaired) electrons. The lowest BCUT2D eigenvalue weighted by Crippen LogP contribution is -2.36. The summed E-state index contributed by atoms with van der Waals surface area (Å²) in [5.74, 6) is 1.46. The minimum absolute atomic E-state index is 0.166. The summed E-state index contributed by atoms with van der Waals surface area (Å²) in [6.45, 7) is 1.92. The van der Waals surface area contributed by atoms with E-state index < -0.39 is 6.10 Å². The number of nitrogens with one attached hydrogen (secondary N) is 1. The third-order valence-corrected chi connectivity index (χ3v) is 4.94. The number of carbonyl (C=O) groups is 1. The minimum atomic E-state index is -0.607. The smallest absolute Gasteiger partial charge is 0.261 e. The number of aromatic nitrogens is 2. The summed E-state index contributed by atoms with van der Waals surface area (Å²) in [6, 6.07) is 15.6. The Morgan fingerprint density at radius 2 is 1.96 bits per heavy atom. The monoisotopic (exact) mass is 377 g/mol. The zero-order valence-electron chi connectivity index (χ0n) is 15.9. The molecule has 0 spiro atoms. The Kier molecular flexibility index (Phi) is 5.37. The number of carbonyl (C=O) groups excluding carboxylic acids is 1. The van der Waals surface area contributed by atoms with Gasteiger partial charge < -0.3 is 14.6 Å². The van der Waals surface area contributed by atoms with Crippen molar-refractivity contribution in [2.24, 2.45) is 0 Å². The van der Waals surface area contributed by atoms with Crippen molar-refractivity contribution >= 4 is 5.91 Å². The molecule has 144 valence electrons. The van der Waals surface area contributed by atoms with E-state index in [1.54, 1.807) is 6.92 Å². The molecule has 1 aliphatic carbocycles. The van der Waals surface area contributed by atoms with Crippen molar-refractivity contribution in [1.82, 2.24) is 15.5 Å². The Morgan fingerprint density at radius 3 is 2.82 bits per heavy atom. The summed E-state index contributed by atoms with van der Waals surface area (Å²) in [7, 11) is 0. The van der Waals surface area contributed by atoms with Crippen LogP contribution in [0.15, 0.2) is 53.1 Å². The van der Waals surface area contributed by atoms with E-state index in [1.165, 1.54) is 17.5 Å². The van der Waals surface area contributed by atoms with Crippen LogP contribution >= 0.6 is 0 Å². The molecule has 4 rings (SSSR count). The number of rotatable bonds is 6. The molecule has 6 heteroatoms. The van der Waals surface area contributed by atoms with Crippen LogP contribution in [0, 0.1) is 0 Å². The third-order valence-electron chi connectivity index (χ3n) is 4.94. The summed E-state index contributed by atoms with van der Waals surface area (Å²) < 4.78 is 11.2. The number of benzene rings is 2. The molecular formula is C22H23N3O3. The zero-order valence-corrected chi connectivity index (χ0v) is 15.9. The Labute approximate surface area is 163 Å². The molecule has 1 aliphatic rings. The SMILES string of the molecule is C[C@@H](Oc1cccc2c1CCCC2)C(=O)NCc1nc(-c2ccccc2)no1. The van der Waals surface area contributed by atoms with Crippen molar-refractivity contribution in [3.05, 3.63) is 65.5 Å². The van der Waals surface area contributed by atoms with Gasteiger partial charge in [-0.25, -0.2) is 0 Å². The van der Waals surface area contributed by atoms with Crippen LogP contribution in [-0.2, 0) is 24.2 Å². The molecule has 2 aromatic carbocycles. The van der Waals surface area contributed by atoms with Crippen LogP contribution in [0.3, 0.4) is 0 Å². The Bertz CT molecular complexity index is 953. The molecule has 0 bridgehead atoms. The van der Waals surface area contributed by atoms with Gasteiger partial charge in [-0.2, -0.15) is 4.98 Å². The molecule has 1 N–H and O–H groups in total. The predicted molar refractivity (Wildman–Crippen MR) is 105 cm³/mol. The second-order valence-electron chi connectivity index (χ2n) is 6.96. The number of nitrogens with zero attached hydrogens (tertiary/aromatic N) is 2. The molecule has 0 fully saturated rings. The number of fused-ring (bicyclic) bond motifs is 1. The molecule has 1 atom stereocenters. The topological polar surface area (TPSA) is 77.2 Å². The average molecular weight is 377 g/mol. The molecule has 0 unspecified atom stereocenters. The van der Waals surface area contributed by atoms with E-state index >= 15 is 0 Å². The van der Waals surface area contributed by atoms with Crippen LogP contribution in [0.4, 0.5) is 0 Å². The fraction of sp³-hybridized carbons (Fsp3) is 0.318. The van der Waals surface area contributed by atoms with Gasteiger partial charge in [0.2, 0.25) is 11.7 Å². The number of ether oxygens (including phenoxy) is 1. The summed E-state index contributed by atoms with van der Waals surface area (Å²) in [4.78, 5) is 16.8. The van der Waals surface area contributed by atoms with Crippen LogP contribution in [0.2, 0.25) is 0 Å². The maximum Gasteiger partial charge on any atom is 0.261 e. The molecule has 1 aromatic heterocycles. The van der Waals surface area contributed by atoms with Crippen LogP contribution in [0.5, 0.6) is 5.75 Å². The first-order valence-electron chi connectivity index (χ1n) is 9.64. The quantitative estimate of drug-likeness (QED) is 0.709. The summed E-state index contributed by atoms with van der Waals surface area (Å²) in [6.07, 6.45) is 3.85. The van der Waals surface area contributed by atoms with Crippen molar-refractivity contribution in [2.45, 2.75) is 45.3 Å². The molecule has 0 saturated heterocycles. The van der Waals surface area contributed by atoms with E-state index in [0.29, 0.717) is 11.7 Å². The van der Waals surface area contributed by atoms with Crippen LogP contribution in [0.25, 0.3) is 11.4 Å². The van der Waals surface area contributed by atoms with E-state index in [0.717, 1.165) is 30.6 Å². The molecule has 28 heavy (non-hydrogen) atoms. The summed E-state index contributed by atoms with van der Waals surface area (Å²) in [5.41, 5.74) is 3.43. The lowest BCUT2D eigenvalue weighted by Gasteiger charge is -2.21. The standard InChI is InChI=1S/C22H23N3O3/c1-15(27-19-13-7-11-16-8-5-6-12-18(16)19)22(26)23-14-20-24-21(25-28-20)17-9-3-2-4-10-17/h2-4,7,9-11,13,15H,5-6,8,12,14H2,1H3,(H,23,26)/t15-/m1/s1. The van der Waals surface area contributed by atoms with Crippen molar-refractivity contribution in [3.8, 4) is 17.1 Å². The van der Waals surface area contributed by atoms with Gasteiger partial charge in [0.25, 0.3) is 5.91 Å². The van der Waals surface area contributed by atoms with Crippen molar-refractivity contribution < 1.29 is 14.1 Å². The van der Waals surface area contributed by atoms with E-state index in [4.69, 9.17) is 9.26 Å². The highest BCUT2D eigenvalue weighted by atomic mass is 16.5. The van der Waals surface area contributed by atoms with Gasteiger partial charge in [0.1, 0.15) is 5.75 Å². The average Bonchev–Trinajstić information content (AvgIpc) is 3.22. The largest absolute Gasteiger partial charge is 0.481 e. The summed E-state index contributed by atoms with van der Waals surface area (Å²) >= 11 is 0. The number of hydrogen-bond acceptors (Lipinski definition) is 5. The fourth-order valence-electron chi connectivity index (χ4n) is 3.44.